The summed E-state index contributed by atoms with van der Waals surface area (Å²) in [5.74, 6) is 0. The van der Waals surface area contributed by atoms with Gasteiger partial charge in [0.15, 0.2) is 0 Å². The molecule has 1 N–H and O–H groups in total. The van der Waals surface area contributed by atoms with Gasteiger partial charge in [0, 0.05) is 24.7 Å². The SMILES string of the molecule is OC1(c2ccccc2)CN(Cc2ccccc2)CCc2c(Cl)cccc21. The topological polar surface area (TPSA) is 23.5 Å². The molecule has 132 valence electrons. The monoisotopic (exact) mass is 363 g/mol. The van der Waals surface area contributed by atoms with Crippen LogP contribution in [-0.2, 0) is 18.6 Å². The Kier molecular flexibility index (Phi) is 4.82. The van der Waals surface area contributed by atoms with Gasteiger partial charge in [0.25, 0.3) is 0 Å². The number of hydrogen-bond donors (Lipinski definition) is 1. The molecule has 3 heteroatoms. The van der Waals surface area contributed by atoms with Crippen LogP contribution in [-0.4, -0.2) is 23.1 Å². The van der Waals surface area contributed by atoms with Crippen molar-refractivity contribution in [1.82, 2.24) is 4.90 Å². The summed E-state index contributed by atoms with van der Waals surface area (Å²) in [7, 11) is 0. The number of halogens is 1. The molecule has 0 aromatic heterocycles. The lowest BCUT2D eigenvalue weighted by Crippen LogP contribution is -2.40. The number of β-amino-alcohol motifs (C(OH)–C–C–N with tert-alkyl or cyclic N) is 1. The molecular weight excluding hydrogens is 342 g/mol. The molecule has 0 bridgehead atoms. The Labute approximate surface area is 159 Å². The number of nitrogens with zero attached hydrogens (tertiary/aromatic N) is 1. The van der Waals surface area contributed by atoms with Crippen LogP contribution >= 0.6 is 11.6 Å². The molecule has 1 unspecified atom stereocenters. The van der Waals surface area contributed by atoms with E-state index in [9.17, 15) is 5.11 Å². The van der Waals surface area contributed by atoms with Crippen LogP contribution in [0.1, 0.15) is 22.3 Å². The lowest BCUT2D eigenvalue weighted by atomic mass is 9.83. The number of hydrogen-bond acceptors (Lipinski definition) is 2. The van der Waals surface area contributed by atoms with Gasteiger partial charge in [-0.1, -0.05) is 84.4 Å². The van der Waals surface area contributed by atoms with Crippen molar-refractivity contribution in [3.8, 4) is 0 Å². The number of rotatable bonds is 3. The summed E-state index contributed by atoms with van der Waals surface area (Å²) in [6, 6.07) is 26.2. The van der Waals surface area contributed by atoms with E-state index >= 15 is 0 Å². The van der Waals surface area contributed by atoms with Crippen molar-refractivity contribution >= 4 is 11.6 Å². The first-order chi connectivity index (χ1) is 12.7. The van der Waals surface area contributed by atoms with Crippen LogP contribution in [0, 0.1) is 0 Å². The van der Waals surface area contributed by atoms with E-state index in [-0.39, 0.29) is 0 Å². The summed E-state index contributed by atoms with van der Waals surface area (Å²) < 4.78 is 0. The summed E-state index contributed by atoms with van der Waals surface area (Å²) in [5, 5.41) is 12.6. The van der Waals surface area contributed by atoms with E-state index in [1.54, 1.807) is 0 Å². The molecule has 3 aromatic carbocycles. The maximum absolute atomic E-state index is 11.8. The molecule has 0 aliphatic carbocycles. The Bertz CT molecular complexity index is 881. The zero-order valence-corrected chi connectivity index (χ0v) is 15.4. The van der Waals surface area contributed by atoms with E-state index in [0.717, 1.165) is 41.2 Å². The van der Waals surface area contributed by atoms with Crippen molar-refractivity contribution in [3.05, 3.63) is 106 Å². The first kappa shape index (κ1) is 17.3. The third kappa shape index (κ3) is 3.28. The normalized spacial score (nSPS) is 20.4. The fourth-order valence-corrected chi connectivity index (χ4v) is 4.16. The van der Waals surface area contributed by atoms with Crippen molar-refractivity contribution in [3.63, 3.8) is 0 Å². The number of aliphatic hydroxyl groups is 1. The molecule has 0 fully saturated rings. The maximum atomic E-state index is 11.8. The fraction of sp³-hybridized carbons (Fsp3) is 0.217. The Morgan fingerprint density at radius 1 is 0.885 bits per heavy atom. The minimum atomic E-state index is -1.08. The highest BCUT2D eigenvalue weighted by molar-refractivity contribution is 6.31. The lowest BCUT2D eigenvalue weighted by molar-refractivity contribution is 0.0384. The van der Waals surface area contributed by atoms with E-state index in [1.807, 2.05) is 54.6 Å². The Morgan fingerprint density at radius 2 is 1.58 bits per heavy atom. The Hall–Kier alpha value is -2.13. The molecule has 1 aliphatic heterocycles. The highest BCUT2D eigenvalue weighted by atomic mass is 35.5. The molecular formula is C23H22ClNO. The molecule has 2 nitrogen and oxygen atoms in total. The average molecular weight is 364 g/mol. The number of fused-ring (bicyclic) bond motifs is 1. The van der Waals surface area contributed by atoms with E-state index in [0.29, 0.717) is 6.54 Å². The minimum Gasteiger partial charge on any atom is -0.379 e. The zero-order chi connectivity index (χ0) is 18.0. The Balaban J connectivity index is 1.76. The summed E-state index contributed by atoms with van der Waals surface area (Å²) in [5.41, 5.74) is 3.05. The molecule has 0 spiro atoms. The van der Waals surface area contributed by atoms with Gasteiger partial charge >= 0.3 is 0 Å². The largest absolute Gasteiger partial charge is 0.379 e. The van der Waals surface area contributed by atoms with E-state index in [1.165, 1.54) is 5.56 Å². The summed E-state index contributed by atoms with van der Waals surface area (Å²) in [6.07, 6.45) is 0.830. The van der Waals surface area contributed by atoms with E-state index in [4.69, 9.17) is 11.6 Å². The van der Waals surface area contributed by atoms with Crippen LogP contribution in [0.2, 0.25) is 5.02 Å². The second-order valence-corrected chi connectivity index (χ2v) is 7.35. The summed E-state index contributed by atoms with van der Waals surface area (Å²) in [6.45, 7) is 2.21. The fourth-order valence-electron chi connectivity index (χ4n) is 3.90. The highest BCUT2D eigenvalue weighted by Crippen LogP contribution is 2.38. The van der Waals surface area contributed by atoms with Gasteiger partial charge in [0.1, 0.15) is 5.60 Å². The molecule has 0 amide bonds. The van der Waals surface area contributed by atoms with Crippen LogP contribution in [0.4, 0.5) is 0 Å². The summed E-state index contributed by atoms with van der Waals surface area (Å²) >= 11 is 6.51. The van der Waals surface area contributed by atoms with Crippen LogP contribution in [0.5, 0.6) is 0 Å². The highest BCUT2D eigenvalue weighted by Gasteiger charge is 2.38. The first-order valence-corrected chi connectivity index (χ1v) is 9.37. The maximum Gasteiger partial charge on any atom is 0.128 e. The molecule has 0 saturated heterocycles. The van der Waals surface area contributed by atoms with Crippen molar-refractivity contribution in [1.29, 1.82) is 0 Å². The van der Waals surface area contributed by atoms with Crippen molar-refractivity contribution in [2.45, 2.75) is 18.6 Å². The van der Waals surface area contributed by atoms with Crippen LogP contribution in [0.3, 0.4) is 0 Å². The first-order valence-electron chi connectivity index (χ1n) is 8.99. The van der Waals surface area contributed by atoms with E-state index < -0.39 is 5.60 Å². The van der Waals surface area contributed by atoms with Gasteiger partial charge in [-0.2, -0.15) is 0 Å². The van der Waals surface area contributed by atoms with Crippen molar-refractivity contribution in [2.24, 2.45) is 0 Å². The molecule has 4 rings (SSSR count). The molecule has 1 heterocycles. The van der Waals surface area contributed by atoms with Gasteiger partial charge in [-0.3, -0.25) is 4.90 Å². The van der Waals surface area contributed by atoms with Gasteiger partial charge in [-0.05, 0) is 34.7 Å². The van der Waals surface area contributed by atoms with Crippen LogP contribution in [0.15, 0.2) is 78.9 Å². The average Bonchev–Trinajstić information content (AvgIpc) is 2.82. The minimum absolute atomic E-state index is 0.541. The lowest BCUT2D eigenvalue weighted by Gasteiger charge is -2.33. The number of benzene rings is 3. The molecule has 1 atom stereocenters. The van der Waals surface area contributed by atoms with Gasteiger partial charge < -0.3 is 5.11 Å². The van der Waals surface area contributed by atoms with Gasteiger partial charge in [0.05, 0.1) is 0 Å². The molecule has 0 radical (unpaired) electrons. The van der Waals surface area contributed by atoms with Gasteiger partial charge in [-0.25, -0.2) is 0 Å². The quantitative estimate of drug-likeness (QED) is 0.733. The Morgan fingerprint density at radius 3 is 2.31 bits per heavy atom. The molecule has 1 aliphatic rings. The molecule has 26 heavy (non-hydrogen) atoms. The van der Waals surface area contributed by atoms with Crippen molar-refractivity contribution < 1.29 is 5.11 Å². The second kappa shape index (κ2) is 7.24. The predicted molar refractivity (Wildman–Crippen MR) is 106 cm³/mol. The molecule has 3 aromatic rings. The third-order valence-corrected chi connectivity index (χ3v) is 5.55. The van der Waals surface area contributed by atoms with Gasteiger partial charge in [0.2, 0.25) is 0 Å². The van der Waals surface area contributed by atoms with Crippen LogP contribution in [0.25, 0.3) is 0 Å². The third-order valence-electron chi connectivity index (χ3n) is 5.20. The summed E-state index contributed by atoms with van der Waals surface area (Å²) in [4.78, 5) is 2.32. The smallest absolute Gasteiger partial charge is 0.128 e. The van der Waals surface area contributed by atoms with Gasteiger partial charge in [-0.15, -0.1) is 0 Å². The second-order valence-electron chi connectivity index (χ2n) is 6.94. The van der Waals surface area contributed by atoms with Crippen molar-refractivity contribution in [2.75, 3.05) is 13.1 Å². The zero-order valence-electron chi connectivity index (χ0n) is 14.6. The molecule has 0 saturated carbocycles. The predicted octanol–water partition coefficient (Wildman–Crippen LogP) is 4.63. The van der Waals surface area contributed by atoms with Crippen LogP contribution < -0.4 is 0 Å². The standard InChI is InChI=1S/C23H22ClNO/c24-22-13-7-12-21-20(22)14-15-25(16-18-8-3-1-4-9-18)17-23(21,26)19-10-5-2-6-11-19/h1-13,26H,14-17H2. The van der Waals surface area contributed by atoms with E-state index in [2.05, 4.69) is 29.2 Å².